The van der Waals surface area contributed by atoms with Gasteiger partial charge in [0.05, 0.1) is 0 Å². The number of aromatic hydroxyl groups is 1. The van der Waals surface area contributed by atoms with Crippen molar-refractivity contribution in [3.63, 3.8) is 0 Å². The van der Waals surface area contributed by atoms with Crippen LogP contribution in [0, 0.1) is 5.92 Å². The number of aliphatic hydroxyl groups excluding tert-OH is 1. The quantitative estimate of drug-likeness (QED) is 0.279. The summed E-state index contributed by atoms with van der Waals surface area (Å²) < 4.78 is 23.7. The Balaban J connectivity index is 1.27. The molecule has 32 heavy (non-hydrogen) atoms. The molecule has 0 aromatic heterocycles. The Kier molecular flexibility index (Phi) is 9.42. The van der Waals surface area contributed by atoms with E-state index in [-0.39, 0.29) is 24.4 Å². The van der Waals surface area contributed by atoms with Crippen molar-refractivity contribution in [3.05, 3.63) is 54.6 Å². The monoisotopic (exact) mass is 463 g/mol. The molecule has 1 aliphatic rings. The molecular weight excluding hydrogens is 429 g/mol. The number of benzene rings is 2. The van der Waals surface area contributed by atoms with E-state index in [0.29, 0.717) is 24.0 Å². The second-order valence-corrected chi connectivity index (χ2v) is 11.0. The lowest BCUT2D eigenvalue weighted by Gasteiger charge is -2.31. The molecule has 1 unspecified atom stereocenters. The molecule has 0 aliphatic heterocycles. The molecule has 7 nitrogen and oxygen atoms in total. The first-order valence-electron chi connectivity index (χ1n) is 11.2. The molecule has 4 N–H and O–H groups in total. The molecule has 0 saturated heterocycles. The van der Waals surface area contributed by atoms with Crippen LogP contribution in [0.2, 0.25) is 0 Å². The van der Waals surface area contributed by atoms with Gasteiger partial charge in [0, 0.05) is 18.3 Å². The number of hydrogen-bond acceptors (Lipinski definition) is 6. The highest BCUT2D eigenvalue weighted by molar-refractivity contribution is 7.58. The van der Waals surface area contributed by atoms with E-state index in [1.165, 1.54) is 6.07 Å². The molecule has 3 rings (SSSR count). The molecule has 0 heterocycles. The van der Waals surface area contributed by atoms with Crippen LogP contribution in [-0.2, 0) is 4.57 Å². The molecule has 0 radical (unpaired) electrons. The fourth-order valence-corrected chi connectivity index (χ4v) is 5.68. The molecule has 2 aromatic rings. The summed E-state index contributed by atoms with van der Waals surface area (Å²) in [5.41, 5.74) is -0.188. The van der Waals surface area contributed by atoms with Crippen molar-refractivity contribution in [2.45, 2.75) is 43.9 Å². The summed E-state index contributed by atoms with van der Waals surface area (Å²) in [7, 11) is -3.34. The fraction of sp³-hybridized carbons (Fsp3) is 0.500. The van der Waals surface area contributed by atoms with Gasteiger partial charge in [0.1, 0.15) is 30.0 Å². The average Bonchev–Trinajstić information content (AvgIpc) is 2.80. The predicted molar refractivity (Wildman–Crippen MR) is 125 cm³/mol. The number of phenolic OH excluding ortho intramolecular Hbond substituents is 1. The van der Waals surface area contributed by atoms with Crippen LogP contribution in [0.4, 0.5) is 0 Å². The summed E-state index contributed by atoms with van der Waals surface area (Å²) in [5.74, 6) is 1.80. The Morgan fingerprint density at radius 2 is 1.72 bits per heavy atom. The maximum absolute atomic E-state index is 12.7. The van der Waals surface area contributed by atoms with Gasteiger partial charge in [0.25, 0.3) is 0 Å². The number of phenols is 1. The van der Waals surface area contributed by atoms with Gasteiger partial charge in [-0.2, -0.15) is 0 Å². The van der Waals surface area contributed by atoms with Crippen molar-refractivity contribution in [1.82, 2.24) is 5.32 Å². The summed E-state index contributed by atoms with van der Waals surface area (Å²) in [5, 5.41) is 22.7. The third-order valence-electron chi connectivity index (χ3n) is 5.92. The Hall–Kier alpha value is -2.05. The molecular formula is C24H34NO6P. The van der Waals surface area contributed by atoms with Crippen LogP contribution in [0.5, 0.6) is 17.2 Å². The van der Waals surface area contributed by atoms with Gasteiger partial charge in [0.2, 0.25) is 7.37 Å². The van der Waals surface area contributed by atoms with Crippen LogP contribution in [0.25, 0.3) is 0 Å². The fourth-order valence-electron chi connectivity index (χ4n) is 4.03. The summed E-state index contributed by atoms with van der Waals surface area (Å²) in [6.45, 7) is 1.36. The molecule has 0 amide bonds. The maximum atomic E-state index is 12.7. The molecule has 176 valence electrons. The highest BCUT2D eigenvalue weighted by atomic mass is 31.2. The summed E-state index contributed by atoms with van der Waals surface area (Å²) in [6, 6.07) is 15.7. The van der Waals surface area contributed by atoms with E-state index in [1.54, 1.807) is 30.3 Å². The first-order valence-corrected chi connectivity index (χ1v) is 13.1. The van der Waals surface area contributed by atoms with E-state index in [1.807, 2.05) is 18.2 Å². The molecule has 8 heteroatoms. The minimum absolute atomic E-state index is 0.129. The third kappa shape index (κ3) is 8.14. The van der Waals surface area contributed by atoms with Crippen LogP contribution in [0.3, 0.4) is 0 Å². The maximum Gasteiger partial charge on any atom is 0.239 e. The van der Waals surface area contributed by atoms with E-state index in [0.717, 1.165) is 38.6 Å². The zero-order valence-corrected chi connectivity index (χ0v) is 19.2. The highest BCUT2D eigenvalue weighted by Crippen LogP contribution is 2.52. The summed E-state index contributed by atoms with van der Waals surface area (Å²) in [6.07, 6.45) is 3.57. The second kappa shape index (κ2) is 12.3. The van der Waals surface area contributed by atoms with E-state index >= 15 is 0 Å². The van der Waals surface area contributed by atoms with E-state index in [4.69, 9.17) is 9.47 Å². The van der Waals surface area contributed by atoms with Crippen molar-refractivity contribution in [2.24, 2.45) is 5.92 Å². The van der Waals surface area contributed by atoms with E-state index in [2.05, 4.69) is 5.32 Å². The molecule has 1 aliphatic carbocycles. The topological polar surface area (TPSA) is 108 Å². The van der Waals surface area contributed by atoms with Crippen LogP contribution in [0.15, 0.2) is 54.6 Å². The largest absolute Gasteiger partial charge is 0.508 e. The normalized spacial score (nSPS) is 21.4. The van der Waals surface area contributed by atoms with Gasteiger partial charge in [-0.1, -0.05) is 24.3 Å². The van der Waals surface area contributed by atoms with Gasteiger partial charge in [-0.3, -0.25) is 4.57 Å². The Morgan fingerprint density at radius 3 is 2.44 bits per heavy atom. The third-order valence-corrected chi connectivity index (χ3v) is 8.07. The second-order valence-electron chi connectivity index (χ2n) is 8.47. The standard InChI is InChI=1S/C24H34NO6P/c26-20-5-4-8-23(15-20)30-17-21(27)16-25-14-13-19-9-11-24(12-10-19)32(28,29)18-31-22-6-2-1-3-7-22/h1-8,15,19,21,24-27H,9-14,16-18H2,(H,28,29)/t19?,21-,24?/m0/s1. The lowest BCUT2D eigenvalue weighted by Crippen LogP contribution is -2.33. The number of hydrogen-bond donors (Lipinski definition) is 4. The Bertz CT molecular complexity index is 857. The van der Waals surface area contributed by atoms with Gasteiger partial charge in [-0.05, 0) is 68.8 Å². The highest BCUT2D eigenvalue weighted by Gasteiger charge is 2.35. The van der Waals surface area contributed by atoms with Crippen molar-refractivity contribution >= 4 is 7.37 Å². The summed E-state index contributed by atoms with van der Waals surface area (Å²) >= 11 is 0. The predicted octanol–water partition coefficient (Wildman–Crippen LogP) is 3.98. The number of nitrogens with one attached hydrogen (secondary N) is 1. The molecule has 2 aromatic carbocycles. The lowest BCUT2D eigenvalue weighted by molar-refractivity contribution is 0.106. The SMILES string of the molecule is O=P(O)(COc1ccccc1)C1CCC(CCNC[C@H](O)COc2cccc(O)c2)CC1. The lowest BCUT2D eigenvalue weighted by atomic mass is 9.86. The van der Waals surface area contributed by atoms with Crippen molar-refractivity contribution < 1.29 is 29.1 Å². The smallest absolute Gasteiger partial charge is 0.239 e. The number of aliphatic hydroxyl groups is 1. The van der Waals surface area contributed by atoms with Crippen molar-refractivity contribution in [1.29, 1.82) is 0 Å². The zero-order chi connectivity index (χ0) is 22.8. The molecule has 1 saturated carbocycles. The van der Waals surface area contributed by atoms with Gasteiger partial charge in [0.15, 0.2) is 6.35 Å². The minimum atomic E-state index is -3.34. The first kappa shape index (κ1) is 24.6. The number of para-hydroxylation sites is 1. The first-order chi connectivity index (χ1) is 15.4. The Labute approximate surface area is 189 Å². The minimum Gasteiger partial charge on any atom is -0.508 e. The van der Waals surface area contributed by atoms with Gasteiger partial charge in [-0.25, -0.2) is 0 Å². The number of rotatable bonds is 12. The number of ether oxygens (including phenoxy) is 2. The van der Waals surface area contributed by atoms with Gasteiger partial charge in [-0.15, -0.1) is 0 Å². The van der Waals surface area contributed by atoms with Crippen molar-refractivity contribution in [3.8, 4) is 17.2 Å². The average molecular weight is 464 g/mol. The zero-order valence-electron chi connectivity index (χ0n) is 18.3. The van der Waals surface area contributed by atoms with Crippen molar-refractivity contribution in [2.75, 3.05) is 26.0 Å². The molecule has 2 atom stereocenters. The van der Waals surface area contributed by atoms with Crippen LogP contribution in [0.1, 0.15) is 32.1 Å². The summed E-state index contributed by atoms with van der Waals surface area (Å²) in [4.78, 5) is 10.5. The molecule has 0 bridgehead atoms. The molecule has 1 fully saturated rings. The van der Waals surface area contributed by atoms with Gasteiger partial charge >= 0.3 is 0 Å². The van der Waals surface area contributed by atoms with Crippen LogP contribution in [-0.4, -0.2) is 52.9 Å². The van der Waals surface area contributed by atoms with E-state index < -0.39 is 13.5 Å². The van der Waals surface area contributed by atoms with Crippen LogP contribution < -0.4 is 14.8 Å². The Morgan fingerprint density at radius 1 is 1.00 bits per heavy atom. The van der Waals surface area contributed by atoms with E-state index in [9.17, 15) is 19.7 Å². The van der Waals surface area contributed by atoms with Crippen LogP contribution >= 0.6 is 7.37 Å². The van der Waals surface area contributed by atoms with Gasteiger partial charge < -0.3 is 29.9 Å². The molecule has 0 spiro atoms.